The van der Waals surface area contributed by atoms with Crippen molar-refractivity contribution in [3.63, 3.8) is 0 Å². The van der Waals surface area contributed by atoms with Gasteiger partial charge in [-0.25, -0.2) is 4.57 Å². The van der Waals surface area contributed by atoms with Gasteiger partial charge in [0.2, 0.25) is 5.91 Å². The van der Waals surface area contributed by atoms with Crippen LogP contribution in [0.15, 0.2) is 36.5 Å². The molecular formula is C57H112N2O6P+. The molecule has 0 aliphatic rings. The number of aliphatic hydroxyl groups is 1. The molecular weight excluding hydrogens is 840 g/mol. The van der Waals surface area contributed by atoms with Crippen molar-refractivity contribution in [3.8, 4) is 0 Å². The van der Waals surface area contributed by atoms with Gasteiger partial charge in [0.05, 0.1) is 39.9 Å². The third kappa shape index (κ3) is 50.6. The van der Waals surface area contributed by atoms with E-state index in [4.69, 9.17) is 9.05 Å². The van der Waals surface area contributed by atoms with Gasteiger partial charge in [0.15, 0.2) is 0 Å². The van der Waals surface area contributed by atoms with Gasteiger partial charge in [0.25, 0.3) is 0 Å². The maximum atomic E-state index is 12.9. The van der Waals surface area contributed by atoms with Gasteiger partial charge < -0.3 is 19.8 Å². The minimum atomic E-state index is -4.35. The second kappa shape index (κ2) is 48.7. The summed E-state index contributed by atoms with van der Waals surface area (Å²) in [5, 5.41) is 13.9. The summed E-state index contributed by atoms with van der Waals surface area (Å²) in [5.41, 5.74) is 0. The topological polar surface area (TPSA) is 105 Å². The Kier molecular flexibility index (Phi) is 47.8. The lowest BCUT2D eigenvalue weighted by atomic mass is 10.0. The van der Waals surface area contributed by atoms with Crippen LogP contribution in [0.4, 0.5) is 0 Å². The number of hydrogen-bond donors (Lipinski definition) is 3. The van der Waals surface area contributed by atoms with Crippen molar-refractivity contribution in [3.05, 3.63) is 36.5 Å². The Morgan fingerprint density at radius 3 is 1.21 bits per heavy atom. The molecule has 0 aromatic carbocycles. The molecule has 0 fully saturated rings. The van der Waals surface area contributed by atoms with Crippen LogP contribution < -0.4 is 5.32 Å². The number of likely N-dealkylation sites (N-methyl/N-ethyl adjacent to an activating group) is 1. The van der Waals surface area contributed by atoms with Crippen molar-refractivity contribution in [2.45, 2.75) is 283 Å². The lowest BCUT2D eigenvalue weighted by molar-refractivity contribution is -0.870. The van der Waals surface area contributed by atoms with Crippen LogP contribution in [0.25, 0.3) is 0 Å². The molecule has 3 N–H and O–H groups in total. The van der Waals surface area contributed by atoms with Crippen molar-refractivity contribution in [1.29, 1.82) is 0 Å². The summed E-state index contributed by atoms with van der Waals surface area (Å²) in [7, 11) is 1.55. The number of quaternary nitrogens is 1. The summed E-state index contributed by atoms with van der Waals surface area (Å²) in [4.78, 5) is 23.2. The first-order valence-corrected chi connectivity index (χ1v) is 29.9. The Bertz CT molecular complexity index is 1170. The number of carbonyl (C=O) groups excluding carboxylic acids is 1. The molecule has 1 amide bonds. The second-order valence-corrected chi connectivity index (χ2v) is 22.1. The number of amides is 1. The van der Waals surface area contributed by atoms with Gasteiger partial charge in [-0.15, -0.1) is 0 Å². The fraction of sp³-hybridized carbons (Fsp3) is 0.877. The smallest absolute Gasteiger partial charge is 0.387 e. The lowest BCUT2D eigenvalue weighted by Crippen LogP contribution is -2.45. The summed E-state index contributed by atoms with van der Waals surface area (Å²) in [6.45, 7) is 4.80. The minimum absolute atomic E-state index is 0.0549. The van der Waals surface area contributed by atoms with E-state index < -0.39 is 20.0 Å². The molecule has 0 radical (unpaired) electrons. The quantitative estimate of drug-likeness (QED) is 0.0243. The van der Waals surface area contributed by atoms with Crippen LogP contribution in [0.1, 0.15) is 271 Å². The maximum absolute atomic E-state index is 12.9. The molecule has 0 heterocycles. The molecule has 390 valence electrons. The van der Waals surface area contributed by atoms with E-state index in [0.29, 0.717) is 17.4 Å². The first-order chi connectivity index (χ1) is 32.0. The van der Waals surface area contributed by atoms with E-state index in [-0.39, 0.29) is 19.1 Å². The van der Waals surface area contributed by atoms with Gasteiger partial charge in [0, 0.05) is 6.42 Å². The number of nitrogens with one attached hydrogen (secondary N) is 1. The Labute approximate surface area is 410 Å². The number of allylic oxidation sites excluding steroid dienone is 5. The number of aliphatic hydroxyl groups excluding tert-OH is 1. The zero-order valence-electron chi connectivity index (χ0n) is 44.4. The average Bonchev–Trinajstić information content (AvgIpc) is 3.28. The molecule has 9 heteroatoms. The average molecular weight is 953 g/mol. The highest BCUT2D eigenvalue weighted by molar-refractivity contribution is 7.47. The van der Waals surface area contributed by atoms with Crippen LogP contribution in [-0.2, 0) is 18.4 Å². The van der Waals surface area contributed by atoms with Crippen LogP contribution in [0.2, 0.25) is 0 Å². The van der Waals surface area contributed by atoms with Crippen LogP contribution in [-0.4, -0.2) is 73.4 Å². The highest BCUT2D eigenvalue weighted by atomic mass is 31.2. The normalized spacial score (nSPS) is 14.2. The molecule has 0 bridgehead atoms. The first-order valence-electron chi connectivity index (χ1n) is 28.4. The van der Waals surface area contributed by atoms with E-state index in [1.165, 1.54) is 199 Å². The molecule has 0 aliphatic carbocycles. The predicted molar refractivity (Wildman–Crippen MR) is 286 cm³/mol. The van der Waals surface area contributed by atoms with Gasteiger partial charge >= 0.3 is 7.82 Å². The van der Waals surface area contributed by atoms with E-state index in [2.05, 4.69) is 43.5 Å². The van der Waals surface area contributed by atoms with Gasteiger partial charge in [-0.3, -0.25) is 13.8 Å². The van der Waals surface area contributed by atoms with Gasteiger partial charge in [-0.05, 0) is 57.8 Å². The van der Waals surface area contributed by atoms with Crippen LogP contribution in [0.5, 0.6) is 0 Å². The number of unbranched alkanes of at least 4 members (excludes halogenated alkanes) is 35. The second-order valence-electron chi connectivity index (χ2n) is 20.7. The number of rotatable bonds is 52. The molecule has 3 unspecified atom stereocenters. The third-order valence-electron chi connectivity index (χ3n) is 12.8. The third-order valence-corrected chi connectivity index (χ3v) is 13.8. The van der Waals surface area contributed by atoms with Crippen molar-refractivity contribution >= 4 is 13.7 Å². The van der Waals surface area contributed by atoms with Crippen molar-refractivity contribution in [2.75, 3.05) is 40.9 Å². The van der Waals surface area contributed by atoms with Crippen molar-refractivity contribution < 1.29 is 32.9 Å². The Balaban J connectivity index is 4.16. The number of carbonyl (C=O) groups is 1. The molecule has 66 heavy (non-hydrogen) atoms. The zero-order chi connectivity index (χ0) is 48.5. The summed E-state index contributed by atoms with van der Waals surface area (Å²) in [6, 6.07) is -0.867. The summed E-state index contributed by atoms with van der Waals surface area (Å²) in [6.07, 6.45) is 62.6. The molecule has 8 nitrogen and oxygen atoms in total. The maximum Gasteiger partial charge on any atom is 0.472 e. The van der Waals surface area contributed by atoms with Crippen LogP contribution >= 0.6 is 7.82 Å². The highest BCUT2D eigenvalue weighted by Gasteiger charge is 2.27. The van der Waals surface area contributed by atoms with E-state index in [9.17, 15) is 19.4 Å². The molecule has 0 aliphatic heterocycles. The van der Waals surface area contributed by atoms with Crippen LogP contribution in [0.3, 0.4) is 0 Å². The molecule has 0 saturated carbocycles. The van der Waals surface area contributed by atoms with Gasteiger partial charge in [-0.2, -0.15) is 0 Å². The fourth-order valence-electron chi connectivity index (χ4n) is 8.35. The van der Waals surface area contributed by atoms with Crippen LogP contribution in [0, 0.1) is 0 Å². The lowest BCUT2D eigenvalue weighted by Gasteiger charge is -2.25. The predicted octanol–water partition coefficient (Wildman–Crippen LogP) is 17.0. The summed E-state index contributed by atoms with van der Waals surface area (Å²) < 4.78 is 23.6. The molecule has 3 atom stereocenters. The van der Waals surface area contributed by atoms with Crippen molar-refractivity contribution in [2.24, 2.45) is 0 Å². The molecule has 0 aromatic heterocycles. The number of phosphoric acid groups is 1. The number of hydrogen-bond acceptors (Lipinski definition) is 5. The molecule has 0 spiro atoms. The Hall–Kier alpha value is -1.28. The van der Waals surface area contributed by atoms with Crippen molar-refractivity contribution in [1.82, 2.24) is 5.32 Å². The van der Waals surface area contributed by atoms with E-state index in [1.807, 2.05) is 27.2 Å². The van der Waals surface area contributed by atoms with Gasteiger partial charge in [0.1, 0.15) is 13.2 Å². The molecule has 0 saturated heterocycles. The molecule has 0 aromatic rings. The van der Waals surface area contributed by atoms with Gasteiger partial charge in [-0.1, -0.05) is 243 Å². The van der Waals surface area contributed by atoms with E-state index in [1.54, 1.807) is 6.08 Å². The standard InChI is InChI=1S/C57H111N2O6P/c1-6-8-10-12-14-16-18-20-22-23-24-25-26-27-28-29-30-31-32-33-34-35-36-37-38-40-42-44-46-48-50-56(60)55(54-65-66(62,63)64-53-52-59(3,4)5)58-57(61)51-49-47-45-43-41-39-21-19-17-15-13-11-9-7-2/h19,21,40,42,48,50,55-56,60H,6-18,20,22-39,41,43-47,49,51-54H2,1-5H3,(H-,58,61,62,63)/p+1/b21-19-,42-40+,50-48+. The summed E-state index contributed by atoms with van der Waals surface area (Å²) in [5.74, 6) is -0.194. The zero-order valence-corrected chi connectivity index (χ0v) is 45.3. The highest BCUT2D eigenvalue weighted by Crippen LogP contribution is 2.43. The monoisotopic (exact) mass is 952 g/mol. The number of phosphoric ester groups is 1. The Morgan fingerprint density at radius 2 is 0.833 bits per heavy atom. The largest absolute Gasteiger partial charge is 0.472 e. The SMILES string of the molecule is CCCCCCC/C=C\CCCCCCCC(=O)NC(COP(=O)(O)OCC[N+](C)(C)C)C(O)/C=C/CC/C=C/CCCCCCCCCCCCCCCCCCCCCCCCCC. The Morgan fingerprint density at radius 1 is 0.500 bits per heavy atom. The minimum Gasteiger partial charge on any atom is -0.387 e. The molecule has 0 rings (SSSR count). The number of nitrogens with zero attached hydrogens (tertiary/aromatic N) is 1. The fourth-order valence-corrected chi connectivity index (χ4v) is 9.08. The first kappa shape index (κ1) is 64.7. The van der Waals surface area contributed by atoms with E-state index in [0.717, 1.165) is 51.4 Å². The van der Waals surface area contributed by atoms with E-state index >= 15 is 0 Å². The summed E-state index contributed by atoms with van der Waals surface area (Å²) >= 11 is 0.